The SMILES string of the molecule is CCOC(=O)[C@H](C)Oc1ccc2c(c1)OC(=Cc1c(F)cccc1Cl)C2=O. The second-order valence-electron chi connectivity index (χ2n) is 5.75. The average Bonchev–Trinajstić information content (AvgIpc) is 2.93. The number of carbonyl (C=O) groups excluding carboxylic acids is 2. The highest BCUT2D eigenvalue weighted by molar-refractivity contribution is 6.32. The second-order valence-corrected chi connectivity index (χ2v) is 6.15. The molecule has 0 unspecified atom stereocenters. The van der Waals surface area contributed by atoms with E-state index in [1.54, 1.807) is 19.9 Å². The summed E-state index contributed by atoms with van der Waals surface area (Å²) in [5.41, 5.74) is 0.382. The maximum Gasteiger partial charge on any atom is 0.347 e. The summed E-state index contributed by atoms with van der Waals surface area (Å²) in [6, 6.07) is 8.80. The molecule has 0 radical (unpaired) electrons. The number of fused-ring (bicyclic) bond motifs is 1. The van der Waals surface area contributed by atoms with Gasteiger partial charge in [-0.25, -0.2) is 9.18 Å². The van der Waals surface area contributed by atoms with Crippen LogP contribution in [0.2, 0.25) is 5.02 Å². The Morgan fingerprint density at radius 1 is 1.33 bits per heavy atom. The van der Waals surface area contributed by atoms with E-state index in [0.717, 1.165) is 0 Å². The molecule has 0 fully saturated rings. The van der Waals surface area contributed by atoms with Gasteiger partial charge in [-0.3, -0.25) is 4.79 Å². The molecule has 5 nitrogen and oxygen atoms in total. The number of benzene rings is 2. The fraction of sp³-hybridized carbons (Fsp3) is 0.200. The largest absolute Gasteiger partial charge is 0.479 e. The zero-order valence-corrected chi connectivity index (χ0v) is 15.4. The van der Waals surface area contributed by atoms with Crippen LogP contribution in [0.3, 0.4) is 0 Å². The van der Waals surface area contributed by atoms with Crippen LogP contribution in [0.5, 0.6) is 11.5 Å². The molecule has 0 bridgehead atoms. The van der Waals surface area contributed by atoms with Crippen LogP contribution in [0.1, 0.15) is 29.8 Å². The van der Waals surface area contributed by atoms with Gasteiger partial charge in [-0.2, -0.15) is 0 Å². The third-order valence-electron chi connectivity index (χ3n) is 3.85. The monoisotopic (exact) mass is 390 g/mol. The highest BCUT2D eigenvalue weighted by Crippen LogP contribution is 2.36. The summed E-state index contributed by atoms with van der Waals surface area (Å²) in [5.74, 6) is -0.902. The van der Waals surface area contributed by atoms with Crippen molar-refractivity contribution in [3.8, 4) is 11.5 Å². The number of allylic oxidation sites excluding steroid dienone is 1. The maximum absolute atomic E-state index is 13.9. The number of halogens is 2. The van der Waals surface area contributed by atoms with Gasteiger partial charge in [-0.05, 0) is 44.2 Å². The van der Waals surface area contributed by atoms with Crippen molar-refractivity contribution in [2.45, 2.75) is 20.0 Å². The number of ketones is 1. The van der Waals surface area contributed by atoms with E-state index in [4.69, 9.17) is 25.8 Å². The minimum Gasteiger partial charge on any atom is -0.479 e. The van der Waals surface area contributed by atoms with Gasteiger partial charge >= 0.3 is 5.97 Å². The van der Waals surface area contributed by atoms with Crippen molar-refractivity contribution < 1.29 is 28.2 Å². The van der Waals surface area contributed by atoms with Gasteiger partial charge in [0, 0.05) is 11.6 Å². The Morgan fingerprint density at radius 3 is 2.81 bits per heavy atom. The zero-order valence-electron chi connectivity index (χ0n) is 14.6. The summed E-state index contributed by atoms with van der Waals surface area (Å²) in [7, 11) is 0. The molecule has 0 saturated heterocycles. The lowest BCUT2D eigenvalue weighted by atomic mass is 10.1. The molecule has 0 amide bonds. The molecule has 0 N–H and O–H groups in total. The lowest BCUT2D eigenvalue weighted by Crippen LogP contribution is -2.26. The smallest absolute Gasteiger partial charge is 0.347 e. The number of hydrogen-bond acceptors (Lipinski definition) is 5. The van der Waals surface area contributed by atoms with Crippen molar-refractivity contribution in [2.75, 3.05) is 6.61 Å². The average molecular weight is 391 g/mol. The van der Waals surface area contributed by atoms with Crippen molar-refractivity contribution in [2.24, 2.45) is 0 Å². The van der Waals surface area contributed by atoms with Gasteiger partial charge in [-0.15, -0.1) is 0 Å². The van der Waals surface area contributed by atoms with Crippen LogP contribution < -0.4 is 9.47 Å². The molecule has 2 aromatic carbocycles. The molecule has 1 atom stereocenters. The quantitative estimate of drug-likeness (QED) is 0.558. The summed E-state index contributed by atoms with van der Waals surface area (Å²) in [4.78, 5) is 24.1. The zero-order chi connectivity index (χ0) is 19.6. The molecule has 1 aliphatic rings. The van der Waals surface area contributed by atoms with E-state index in [9.17, 15) is 14.0 Å². The van der Waals surface area contributed by atoms with Gasteiger partial charge in [0.15, 0.2) is 11.9 Å². The van der Waals surface area contributed by atoms with E-state index in [0.29, 0.717) is 11.3 Å². The maximum atomic E-state index is 13.9. The van der Waals surface area contributed by atoms with Crippen LogP contribution in [0.15, 0.2) is 42.2 Å². The first-order chi connectivity index (χ1) is 12.9. The number of hydrogen-bond donors (Lipinski definition) is 0. The second kappa shape index (κ2) is 7.80. The third-order valence-corrected chi connectivity index (χ3v) is 4.18. The van der Waals surface area contributed by atoms with E-state index in [1.807, 2.05) is 0 Å². The van der Waals surface area contributed by atoms with E-state index in [2.05, 4.69) is 0 Å². The molecule has 1 heterocycles. The van der Waals surface area contributed by atoms with Crippen molar-refractivity contribution >= 4 is 29.4 Å². The van der Waals surface area contributed by atoms with Crippen LogP contribution in [0, 0.1) is 5.82 Å². The van der Waals surface area contributed by atoms with Crippen molar-refractivity contribution in [1.82, 2.24) is 0 Å². The molecule has 0 spiro atoms. The standard InChI is InChI=1S/C20H16ClFO5/c1-3-25-20(24)11(2)26-12-7-8-13-17(9-12)27-18(19(13)23)10-14-15(21)5-4-6-16(14)22/h4-11H,3H2,1-2H3/t11-/m0/s1. The highest BCUT2D eigenvalue weighted by Gasteiger charge is 2.29. The Bertz CT molecular complexity index is 918. The fourth-order valence-corrected chi connectivity index (χ4v) is 2.75. The van der Waals surface area contributed by atoms with E-state index < -0.39 is 23.7 Å². The van der Waals surface area contributed by atoms with Gasteiger partial charge in [0.25, 0.3) is 0 Å². The first-order valence-electron chi connectivity index (χ1n) is 8.26. The van der Waals surface area contributed by atoms with Crippen molar-refractivity contribution in [3.05, 3.63) is 64.1 Å². The topological polar surface area (TPSA) is 61.8 Å². The normalized spacial score (nSPS) is 15.3. The molecule has 27 heavy (non-hydrogen) atoms. The minimum absolute atomic E-state index is 0.0485. The Hall–Kier alpha value is -2.86. The Morgan fingerprint density at radius 2 is 2.11 bits per heavy atom. The summed E-state index contributed by atoms with van der Waals surface area (Å²) in [6.45, 7) is 3.51. The molecule has 1 aliphatic heterocycles. The van der Waals surface area contributed by atoms with Crippen LogP contribution in [0.4, 0.5) is 4.39 Å². The van der Waals surface area contributed by atoms with Gasteiger partial charge < -0.3 is 14.2 Å². The molecule has 140 valence electrons. The van der Waals surface area contributed by atoms with E-state index in [1.165, 1.54) is 36.4 Å². The predicted octanol–water partition coefficient (Wildman–Crippen LogP) is 4.43. The summed E-state index contributed by atoms with van der Waals surface area (Å²) >= 11 is 5.99. The number of Topliss-reactive ketones (excluding diaryl/α,β-unsaturated/α-hetero) is 1. The Kier molecular flexibility index (Phi) is 5.46. The van der Waals surface area contributed by atoms with Gasteiger partial charge in [0.2, 0.25) is 5.78 Å². The van der Waals surface area contributed by atoms with E-state index in [-0.39, 0.29) is 28.7 Å². The number of esters is 1. The molecule has 2 aromatic rings. The van der Waals surface area contributed by atoms with Crippen LogP contribution in [-0.4, -0.2) is 24.5 Å². The van der Waals surface area contributed by atoms with Crippen LogP contribution >= 0.6 is 11.6 Å². The van der Waals surface area contributed by atoms with Gasteiger partial charge in [0.05, 0.1) is 17.2 Å². The molecule has 0 aliphatic carbocycles. The highest BCUT2D eigenvalue weighted by atomic mass is 35.5. The summed E-state index contributed by atoms with van der Waals surface area (Å²) < 4.78 is 29.9. The molecular formula is C20H16ClFO5. The number of rotatable bonds is 5. The van der Waals surface area contributed by atoms with E-state index >= 15 is 0 Å². The molecule has 3 rings (SSSR count). The Balaban J connectivity index is 1.83. The summed E-state index contributed by atoms with van der Waals surface area (Å²) in [6.07, 6.45) is 0.453. The molecule has 7 heteroatoms. The first kappa shape index (κ1) is 18.9. The van der Waals surface area contributed by atoms with Crippen molar-refractivity contribution in [1.29, 1.82) is 0 Å². The van der Waals surface area contributed by atoms with Crippen LogP contribution in [-0.2, 0) is 9.53 Å². The number of ether oxygens (including phenoxy) is 3. The lowest BCUT2D eigenvalue weighted by molar-refractivity contribution is -0.150. The predicted molar refractivity (Wildman–Crippen MR) is 97.5 cm³/mol. The van der Waals surface area contributed by atoms with Gasteiger partial charge in [-0.1, -0.05) is 17.7 Å². The third kappa shape index (κ3) is 3.95. The number of carbonyl (C=O) groups is 2. The minimum atomic E-state index is -0.813. The molecular weight excluding hydrogens is 375 g/mol. The Labute approximate surface area is 160 Å². The summed E-state index contributed by atoms with van der Waals surface area (Å²) in [5, 5.41) is 0.169. The molecule has 0 saturated carbocycles. The van der Waals surface area contributed by atoms with Gasteiger partial charge in [0.1, 0.15) is 17.3 Å². The molecule has 0 aromatic heterocycles. The lowest BCUT2D eigenvalue weighted by Gasteiger charge is -2.13. The first-order valence-corrected chi connectivity index (χ1v) is 8.64. The van der Waals surface area contributed by atoms with Crippen molar-refractivity contribution in [3.63, 3.8) is 0 Å². The van der Waals surface area contributed by atoms with Crippen LogP contribution in [0.25, 0.3) is 6.08 Å². The fourth-order valence-electron chi connectivity index (χ4n) is 2.53.